The van der Waals surface area contributed by atoms with E-state index in [-0.39, 0.29) is 11.8 Å². The molecule has 2 atom stereocenters. The molecule has 0 unspecified atom stereocenters. The maximum atomic E-state index is 12.5. The number of carbonyl (C=O) groups is 4. The molecule has 0 radical (unpaired) electrons. The van der Waals surface area contributed by atoms with Crippen LogP contribution in [0, 0.1) is 0 Å². The van der Waals surface area contributed by atoms with Gasteiger partial charge in [-0.3, -0.25) is 14.7 Å². The van der Waals surface area contributed by atoms with Crippen LogP contribution >= 0.6 is 0 Å². The number of H-pyrrole nitrogens is 1. The molecule has 1 aromatic heterocycles. The van der Waals surface area contributed by atoms with Crippen LogP contribution in [0.3, 0.4) is 0 Å². The zero-order chi connectivity index (χ0) is 31.9. The van der Waals surface area contributed by atoms with Crippen LogP contribution in [0.4, 0.5) is 21.0 Å². The van der Waals surface area contributed by atoms with Crippen molar-refractivity contribution < 1.29 is 28.7 Å². The van der Waals surface area contributed by atoms with Crippen molar-refractivity contribution in [2.45, 2.75) is 78.7 Å². The van der Waals surface area contributed by atoms with Crippen LogP contribution in [0.1, 0.15) is 55.4 Å². The van der Waals surface area contributed by atoms with Crippen LogP contribution in [-0.4, -0.2) is 57.5 Å². The lowest BCUT2D eigenvalue weighted by atomic mass is 10.1. The summed E-state index contributed by atoms with van der Waals surface area (Å²) in [6, 6.07) is 14.6. The molecule has 43 heavy (non-hydrogen) atoms. The Morgan fingerprint density at radius 3 is 1.47 bits per heavy atom. The molecule has 4 amide bonds. The van der Waals surface area contributed by atoms with E-state index >= 15 is 0 Å². The van der Waals surface area contributed by atoms with Crippen molar-refractivity contribution in [3.63, 3.8) is 0 Å². The lowest BCUT2D eigenvalue weighted by molar-refractivity contribution is -0.118. The summed E-state index contributed by atoms with van der Waals surface area (Å²) < 4.78 is 10.4. The minimum Gasteiger partial charge on any atom is -0.444 e. The quantitative estimate of drug-likeness (QED) is 0.232. The van der Waals surface area contributed by atoms with E-state index in [9.17, 15) is 19.2 Å². The van der Waals surface area contributed by atoms with Gasteiger partial charge in [-0.15, -0.1) is 0 Å². The summed E-state index contributed by atoms with van der Waals surface area (Å²) in [6.45, 7) is 13.6. The van der Waals surface area contributed by atoms with Gasteiger partial charge in [0, 0.05) is 16.9 Å². The van der Waals surface area contributed by atoms with Crippen LogP contribution < -0.4 is 21.3 Å². The predicted molar refractivity (Wildman–Crippen MR) is 164 cm³/mol. The summed E-state index contributed by atoms with van der Waals surface area (Å²) in [4.78, 5) is 48.8. The first-order chi connectivity index (χ1) is 20.0. The Kier molecular flexibility index (Phi) is 10.2. The number of benzene rings is 2. The maximum Gasteiger partial charge on any atom is 0.408 e. The Labute approximate surface area is 251 Å². The number of anilines is 2. The van der Waals surface area contributed by atoms with E-state index in [1.807, 2.05) is 30.3 Å². The summed E-state index contributed by atoms with van der Waals surface area (Å²) >= 11 is 0. The molecule has 0 aliphatic heterocycles. The number of hydrogen-bond donors (Lipinski definition) is 5. The number of alkyl carbamates (subject to hydrolysis) is 2. The summed E-state index contributed by atoms with van der Waals surface area (Å²) in [7, 11) is 0. The molecule has 1 heterocycles. The largest absolute Gasteiger partial charge is 0.444 e. The number of rotatable bonds is 8. The molecule has 12 heteroatoms. The van der Waals surface area contributed by atoms with Gasteiger partial charge in [0.2, 0.25) is 11.8 Å². The van der Waals surface area contributed by atoms with Gasteiger partial charge in [0.05, 0.1) is 11.4 Å². The van der Waals surface area contributed by atoms with Crippen molar-refractivity contribution in [3.8, 4) is 22.5 Å². The van der Waals surface area contributed by atoms with Gasteiger partial charge < -0.3 is 30.7 Å². The molecule has 0 spiro atoms. The fourth-order valence-corrected chi connectivity index (χ4v) is 3.68. The average molecular weight is 593 g/mol. The molecule has 2 aromatic carbocycles. The van der Waals surface area contributed by atoms with Gasteiger partial charge in [-0.05, 0) is 91.3 Å². The molecule has 0 aliphatic carbocycles. The lowest BCUT2D eigenvalue weighted by Gasteiger charge is -2.21. The van der Waals surface area contributed by atoms with Crippen LogP contribution in [0.2, 0.25) is 0 Å². The average Bonchev–Trinajstić information content (AvgIpc) is 3.37. The number of ether oxygens (including phenoxy) is 2. The zero-order valence-electron chi connectivity index (χ0n) is 25.7. The first-order valence-corrected chi connectivity index (χ1v) is 13.9. The monoisotopic (exact) mass is 592 g/mol. The van der Waals surface area contributed by atoms with Gasteiger partial charge in [0.25, 0.3) is 0 Å². The van der Waals surface area contributed by atoms with Crippen molar-refractivity contribution in [1.82, 2.24) is 20.8 Å². The van der Waals surface area contributed by atoms with Gasteiger partial charge in [-0.1, -0.05) is 24.3 Å². The van der Waals surface area contributed by atoms with Crippen LogP contribution in [0.25, 0.3) is 22.5 Å². The highest BCUT2D eigenvalue weighted by Crippen LogP contribution is 2.26. The normalized spacial score (nSPS) is 12.8. The van der Waals surface area contributed by atoms with E-state index in [1.54, 1.807) is 79.7 Å². The Balaban J connectivity index is 1.55. The summed E-state index contributed by atoms with van der Waals surface area (Å²) in [5.41, 5.74) is 2.97. The SMILES string of the molecule is C[C@H](NC(=O)OC(C)(C)C)C(=O)Nc1ccc(-c2cc(-c3ccc(NC(=O)[C@H](C)NC(=O)OC(C)(C)C)cc3)[nH]n2)cc1. The maximum absolute atomic E-state index is 12.5. The molecular formula is C31H40N6O6. The fraction of sp³-hybridized carbons (Fsp3) is 0.387. The molecule has 0 saturated carbocycles. The third kappa shape index (κ3) is 10.5. The van der Waals surface area contributed by atoms with Gasteiger partial charge in [0.1, 0.15) is 23.3 Å². The second kappa shape index (κ2) is 13.4. The lowest BCUT2D eigenvalue weighted by Crippen LogP contribution is -2.43. The molecule has 0 fully saturated rings. The van der Waals surface area contributed by atoms with Gasteiger partial charge >= 0.3 is 12.2 Å². The third-order valence-corrected chi connectivity index (χ3v) is 5.74. The molecule has 0 aliphatic rings. The summed E-state index contributed by atoms with van der Waals surface area (Å²) in [5.74, 6) is -0.759. The van der Waals surface area contributed by atoms with Crippen molar-refractivity contribution in [2.75, 3.05) is 10.6 Å². The highest BCUT2D eigenvalue weighted by Gasteiger charge is 2.22. The first-order valence-electron chi connectivity index (χ1n) is 13.9. The molecule has 12 nitrogen and oxygen atoms in total. The topological polar surface area (TPSA) is 164 Å². The van der Waals surface area contributed by atoms with Crippen LogP contribution in [0.15, 0.2) is 54.6 Å². The van der Waals surface area contributed by atoms with E-state index in [0.29, 0.717) is 17.1 Å². The molecule has 3 rings (SSSR count). The standard InChI is InChI=1S/C31H40N6O6/c1-18(32-28(40)42-30(3,4)5)26(38)34-22-13-9-20(10-14-22)24-17-25(37-36-24)21-11-15-23(16-12-21)35-27(39)19(2)33-29(41)43-31(6,7)8/h9-19H,1-8H3,(H,32,40)(H,33,41)(H,34,38)(H,35,39)(H,36,37)/t18-,19-/m0/s1. The Morgan fingerprint density at radius 1 is 0.674 bits per heavy atom. The van der Waals surface area contributed by atoms with E-state index in [2.05, 4.69) is 31.5 Å². The minimum atomic E-state index is -0.791. The molecule has 0 bridgehead atoms. The number of aromatic amines is 1. The van der Waals surface area contributed by atoms with Crippen LogP contribution in [-0.2, 0) is 19.1 Å². The summed E-state index contributed by atoms with van der Waals surface area (Å²) in [6.07, 6.45) is -1.33. The van der Waals surface area contributed by atoms with E-state index in [1.165, 1.54) is 0 Å². The van der Waals surface area contributed by atoms with Crippen molar-refractivity contribution in [1.29, 1.82) is 0 Å². The van der Waals surface area contributed by atoms with Crippen molar-refractivity contribution >= 4 is 35.4 Å². The van der Waals surface area contributed by atoms with E-state index < -0.39 is 35.5 Å². The highest BCUT2D eigenvalue weighted by molar-refractivity contribution is 5.97. The second-order valence-electron chi connectivity index (χ2n) is 12.0. The van der Waals surface area contributed by atoms with E-state index in [0.717, 1.165) is 16.8 Å². The zero-order valence-corrected chi connectivity index (χ0v) is 25.7. The number of aromatic nitrogens is 2. The van der Waals surface area contributed by atoms with Crippen molar-refractivity contribution in [2.24, 2.45) is 0 Å². The molecule has 5 N–H and O–H groups in total. The van der Waals surface area contributed by atoms with Gasteiger partial charge in [-0.25, -0.2) is 9.59 Å². The predicted octanol–water partition coefficient (Wildman–Crippen LogP) is 5.45. The van der Waals surface area contributed by atoms with E-state index in [4.69, 9.17) is 9.47 Å². The molecule has 230 valence electrons. The summed E-state index contributed by atoms with van der Waals surface area (Å²) in [5, 5.41) is 18.0. The number of nitrogens with one attached hydrogen (secondary N) is 5. The molecular weight excluding hydrogens is 552 g/mol. The number of nitrogens with zero attached hydrogens (tertiary/aromatic N) is 1. The van der Waals surface area contributed by atoms with Gasteiger partial charge in [0.15, 0.2) is 0 Å². The molecule has 0 saturated heterocycles. The minimum absolute atomic E-state index is 0.379. The first kappa shape index (κ1) is 32.6. The van der Waals surface area contributed by atoms with Gasteiger partial charge in [-0.2, -0.15) is 5.10 Å². The Bertz CT molecular complexity index is 1330. The van der Waals surface area contributed by atoms with Crippen LogP contribution in [0.5, 0.6) is 0 Å². The number of hydrogen-bond acceptors (Lipinski definition) is 7. The number of amides is 4. The fourth-order valence-electron chi connectivity index (χ4n) is 3.68. The smallest absolute Gasteiger partial charge is 0.408 e. The Morgan fingerprint density at radius 2 is 1.07 bits per heavy atom. The highest BCUT2D eigenvalue weighted by atomic mass is 16.6. The number of carbonyl (C=O) groups excluding carboxylic acids is 4. The molecule has 3 aromatic rings. The van der Waals surface area contributed by atoms with Crippen molar-refractivity contribution in [3.05, 3.63) is 54.6 Å². The Hall–Kier alpha value is -4.87. The second-order valence-corrected chi connectivity index (χ2v) is 12.0. The third-order valence-electron chi connectivity index (χ3n) is 5.74.